The summed E-state index contributed by atoms with van der Waals surface area (Å²) in [5.74, 6) is 0.175. The summed E-state index contributed by atoms with van der Waals surface area (Å²) in [4.78, 5) is 27.3. The van der Waals surface area contributed by atoms with Crippen LogP contribution < -0.4 is 0 Å². The third-order valence-corrected chi connectivity index (χ3v) is 4.61. The molecule has 1 amide bonds. The summed E-state index contributed by atoms with van der Waals surface area (Å²) in [6, 6.07) is 9.97. The Morgan fingerprint density at radius 3 is 3.00 bits per heavy atom. The maximum Gasteiger partial charge on any atom is 0.224 e. The zero-order chi connectivity index (χ0) is 16.4. The smallest absolute Gasteiger partial charge is 0.224 e. The first-order valence-electron chi connectivity index (χ1n) is 8.28. The predicted octanol–water partition coefficient (Wildman–Crippen LogP) is 2.58. The summed E-state index contributed by atoms with van der Waals surface area (Å²) in [5, 5.41) is 0. The van der Waals surface area contributed by atoms with E-state index in [-0.39, 0.29) is 11.9 Å². The number of para-hydroxylation sites is 2. The number of hydrogen-bond donors (Lipinski definition) is 0. The van der Waals surface area contributed by atoms with Crippen molar-refractivity contribution in [1.82, 2.24) is 24.4 Å². The molecule has 4 rings (SSSR count). The number of rotatable bonds is 4. The summed E-state index contributed by atoms with van der Waals surface area (Å²) >= 11 is 0. The van der Waals surface area contributed by atoms with Crippen LogP contribution >= 0.6 is 0 Å². The molecule has 0 unspecified atom stereocenters. The Labute approximate surface area is 140 Å². The fraction of sp³-hybridized carbons (Fsp3) is 0.333. The second kappa shape index (κ2) is 6.39. The zero-order valence-corrected chi connectivity index (χ0v) is 13.4. The number of likely N-dealkylation sites (tertiary alicyclic amines) is 1. The SMILES string of the molecule is O=C(CCn1cnc2ccccc21)N1CCC[C@@H]1c1ccncn1. The van der Waals surface area contributed by atoms with E-state index in [1.807, 2.05) is 46.1 Å². The number of aromatic nitrogens is 4. The molecule has 6 heteroatoms. The lowest BCUT2D eigenvalue weighted by Gasteiger charge is -2.24. The first-order chi connectivity index (χ1) is 11.8. The van der Waals surface area contributed by atoms with Crippen LogP contribution in [0.15, 0.2) is 49.2 Å². The molecule has 0 saturated carbocycles. The van der Waals surface area contributed by atoms with Crippen molar-refractivity contribution in [2.45, 2.75) is 31.8 Å². The Morgan fingerprint density at radius 1 is 1.21 bits per heavy atom. The number of imidazole rings is 1. The van der Waals surface area contributed by atoms with Gasteiger partial charge in [-0.15, -0.1) is 0 Å². The third kappa shape index (κ3) is 2.75. The van der Waals surface area contributed by atoms with Crippen molar-refractivity contribution in [2.24, 2.45) is 0 Å². The molecule has 1 saturated heterocycles. The Kier molecular flexibility index (Phi) is 3.94. The molecule has 3 aromatic rings. The molecular weight excluding hydrogens is 302 g/mol. The molecule has 0 bridgehead atoms. The van der Waals surface area contributed by atoms with E-state index in [9.17, 15) is 4.79 Å². The monoisotopic (exact) mass is 321 g/mol. The minimum absolute atomic E-state index is 0.0834. The van der Waals surface area contributed by atoms with Gasteiger partial charge in [0.1, 0.15) is 6.33 Å². The van der Waals surface area contributed by atoms with Crippen molar-refractivity contribution < 1.29 is 4.79 Å². The van der Waals surface area contributed by atoms with Gasteiger partial charge in [-0.25, -0.2) is 15.0 Å². The average molecular weight is 321 g/mol. The highest BCUT2D eigenvalue weighted by molar-refractivity contribution is 5.78. The number of benzene rings is 1. The zero-order valence-electron chi connectivity index (χ0n) is 13.4. The van der Waals surface area contributed by atoms with Gasteiger partial charge in [0.15, 0.2) is 0 Å². The van der Waals surface area contributed by atoms with Crippen LogP contribution in [-0.4, -0.2) is 36.9 Å². The molecule has 3 heterocycles. The Balaban J connectivity index is 1.46. The van der Waals surface area contributed by atoms with Crippen LogP contribution in [0, 0.1) is 0 Å². The highest BCUT2D eigenvalue weighted by Gasteiger charge is 2.30. The maximum absolute atomic E-state index is 12.7. The molecule has 122 valence electrons. The summed E-state index contributed by atoms with van der Waals surface area (Å²) < 4.78 is 2.04. The van der Waals surface area contributed by atoms with Crippen LogP contribution in [0.3, 0.4) is 0 Å². The number of amides is 1. The predicted molar refractivity (Wildman–Crippen MR) is 90.1 cm³/mol. The number of hydrogen-bond acceptors (Lipinski definition) is 4. The third-order valence-electron chi connectivity index (χ3n) is 4.61. The summed E-state index contributed by atoms with van der Waals surface area (Å²) in [6.07, 6.45) is 7.56. The number of carbonyl (C=O) groups is 1. The second-order valence-corrected chi connectivity index (χ2v) is 6.06. The van der Waals surface area contributed by atoms with Crippen LogP contribution in [-0.2, 0) is 11.3 Å². The van der Waals surface area contributed by atoms with Gasteiger partial charge in [0.25, 0.3) is 0 Å². The van der Waals surface area contributed by atoms with Crippen molar-refractivity contribution >= 4 is 16.9 Å². The number of carbonyl (C=O) groups excluding carboxylic acids is 1. The van der Waals surface area contributed by atoms with Crippen LogP contribution in [0.1, 0.15) is 31.0 Å². The topological polar surface area (TPSA) is 63.9 Å². The summed E-state index contributed by atoms with van der Waals surface area (Å²) in [6.45, 7) is 1.45. The van der Waals surface area contributed by atoms with Crippen molar-refractivity contribution in [3.05, 3.63) is 54.9 Å². The van der Waals surface area contributed by atoms with E-state index >= 15 is 0 Å². The van der Waals surface area contributed by atoms with Gasteiger partial charge < -0.3 is 9.47 Å². The molecule has 2 aromatic heterocycles. The Hall–Kier alpha value is -2.76. The molecule has 1 aromatic carbocycles. The maximum atomic E-state index is 12.7. The number of aryl methyl sites for hydroxylation is 1. The van der Waals surface area contributed by atoms with Crippen LogP contribution in [0.4, 0.5) is 0 Å². The molecule has 0 radical (unpaired) electrons. The molecule has 0 aliphatic carbocycles. The van der Waals surface area contributed by atoms with Gasteiger partial charge in [-0.3, -0.25) is 4.79 Å². The largest absolute Gasteiger partial charge is 0.334 e. The van der Waals surface area contributed by atoms with Gasteiger partial charge in [0, 0.05) is 25.7 Å². The first kappa shape index (κ1) is 14.8. The number of fused-ring (bicyclic) bond motifs is 1. The van der Waals surface area contributed by atoms with Gasteiger partial charge in [-0.05, 0) is 31.0 Å². The van der Waals surface area contributed by atoms with E-state index in [4.69, 9.17) is 0 Å². The molecular formula is C18H19N5O. The average Bonchev–Trinajstić information content (AvgIpc) is 3.28. The summed E-state index contributed by atoms with van der Waals surface area (Å²) in [5.41, 5.74) is 2.97. The van der Waals surface area contributed by atoms with Gasteiger partial charge in [-0.1, -0.05) is 12.1 Å². The fourth-order valence-corrected chi connectivity index (χ4v) is 3.42. The summed E-state index contributed by atoms with van der Waals surface area (Å²) in [7, 11) is 0. The van der Waals surface area contributed by atoms with E-state index in [1.54, 1.807) is 12.5 Å². The van der Waals surface area contributed by atoms with E-state index in [2.05, 4.69) is 15.0 Å². The van der Waals surface area contributed by atoms with Crippen molar-refractivity contribution in [3.8, 4) is 0 Å². The van der Waals surface area contributed by atoms with Crippen LogP contribution in [0.5, 0.6) is 0 Å². The first-order valence-corrected chi connectivity index (χ1v) is 8.28. The standard InChI is InChI=1S/C18H19N5O/c24-18(8-11-22-13-21-14-4-1-2-5-16(14)22)23-10-3-6-17(23)15-7-9-19-12-20-15/h1-2,4-5,7,9,12-13,17H,3,6,8,10-11H2/t17-/m1/s1. The molecule has 1 aliphatic heterocycles. The van der Waals surface area contributed by atoms with Crippen molar-refractivity contribution in [1.29, 1.82) is 0 Å². The lowest BCUT2D eigenvalue weighted by atomic mass is 10.1. The molecule has 1 aliphatic rings. The fourth-order valence-electron chi connectivity index (χ4n) is 3.42. The van der Waals surface area contributed by atoms with Crippen LogP contribution in [0.25, 0.3) is 11.0 Å². The molecule has 1 atom stereocenters. The van der Waals surface area contributed by atoms with Crippen molar-refractivity contribution in [3.63, 3.8) is 0 Å². The highest BCUT2D eigenvalue weighted by Crippen LogP contribution is 2.31. The van der Waals surface area contributed by atoms with E-state index in [1.165, 1.54) is 0 Å². The lowest BCUT2D eigenvalue weighted by Crippen LogP contribution is -2.31. The lowest BCUT2D eigenvalue weighted by molar-refractivity contribution is -0.132. The molecule has 6 nitrogen and oxygen atoms in total. The minimum atomic E-state index is 0.0834. The molecule has 1 fully saturated rings. The van der Waals surface area contributed by atoms with E-state index in [0.717, 1.165) is 36.1 Å². The Morgan fingerprint density at radius 2 is 2.12 bits per heavy atom. The molecule has 0 spiro atoms. The second-order valence-electron chi connectivity index (χ2n) is 6.06. The van der Waals surface area contributed by atoms with Crippen LogP contribution in [0.2, 0.25) is 0 Å². The van der Waals surface area contributed by atoms with Gasteiger partial charge in [0.2, 0.25) is 5.91 Å². The van der Waals surface area contributed by atoms with Gasteiger partial charge >= 0.3 is 0 Å². The van der Waals surface area contributed by atoms with Gasteiger partial charge in [0.05, 0.1) is 29.1 Å². The highest BCUT2D eigenvalue weighted by atomic mass is 16.2. The minimum Gasteiger partial charge on any atom is -0.334 e. The van der Waals surface area contributed by atoms with Crippen molar-refractivity contribution in [2.75, 3.05) is 6.54 Å². The molecule has 24 heavy (non-hydrogen) atoms. The molecule has 0 N–H and O–H groups in total. The van der Waals surface area contributed by atoms with Gasteiger partial charge in [-0.2, -0.15) is 0 Å². The quantitative estimate of drug-likeness (QED) is 0.741. The number of nitrogens with zero attached hydrogens (tertiary/aromatic N) is 5. The normalized spacial score (nSPS) is 17.5. The Bertz CT molecular complexity index is 845. The van der Waals surface area contributed by atoms with E-state index in [0.29, 0.717) is 13.0 Å². The van der Waals surface area contributed by atoms with E-state index < -0.39 is 0 Å².